The van der Waals surface area contributed by atoms with Crippen molar-refractivity contribution in [2.75, 3.05) is 36.5 Å². The van der Waals surface area contributed by atoms with Crippen LogP contribution in [0, 0.1) is 18.7 Å². The Labute approximate surface area is 164 Å². The van der Waals surface area contributed by atoms with Crippen LogP contribution < -0.4 is 9.80 Å². The van der Waals surface area contributed by atoms with Crippen molar-refractivity contribution in [1.29, 1.82) is 0 Å². The summed E-state index contributed by atoms with van der Waals surface area (Å²) in [5.41, 5.74) is 3.28. The second kappa shape index (κ2) is 7.26. The van der Waals surface area contributed by atoms with Gasteiger partial charge in [0.15, 0.2) is 0 Å². The number of aryl methyl sites for hydroxylation is 1. The molecule has 2 aromatic carbocycles. The van der Waals surface area contributed by atoms with Crippen LogP contribution in [-0.4, -0.2) is 43.4 Å². The van der Waals surface area contributed by atoms with Crippen LogP contribution in [0.4, 0.5) is 15.8 Å². The number of fused-ring (bicyclic) bond motifs is 1. The van der Waals surface area contributed by atoms with E-state index in [2.05, 4.69) is 11.0 Å². The van der Waals surface area contributed by atoms with Crippen LogP contribution in [-0.2, 0) is 16.1 Å². The quantitative estimate of drug-likeness (QED) is 0.803. The Bertz CT molecular complexity index is 930. The van der Waals surface area contributed by atoms with Crippen molar-refractivity contribution in [2.24, 2.45) is 5.92 Å². The van der Waals surface area contributed by atoms with E-state index >= 15 is 0 Å². The molecule has 0 spiro atoms. The van der Waals surface area contributed by atoms with Crippen LogP contribution in [0.3, 0.4) is 0 Å². The molecule has 2 aliphatic rings. The number of para-hydroxylation sites is 1. The standard InChI is InChI=1S/C22H24FN3O2/c1-15-7-8-20(18(23)11-15)26-14-17(12-21(26)27)22(28)25-10-9-24(2)19-6-4-3-5-16(19)13-25/h3-8,11,17H,9-10,12-14H2,1-2H3. The molecule has 1 atom stereocenters. The highest BCUT2D eigenvalue weighted by Gasteiger charge is 2.38. The first kappa shape index (κ1) is 18.5. The molecular weight excluding hydrogens is 357 g/mol. The first-order chi connectivity index (χ1) is 13.4. The fraction of sp³-hybridized carbons (Fsp3) is 0.364. The number of rotatable bonds is 2. The molecule has 0 aromatic heterocycles. The minimum atomic E-state index is -0.441. The van der Waals surface area contributed by atoms with Gasteiger partial charge in [0, 0.05) is 45.3 Å². The topological polar surface area (TPSA) is 43.9 Å². The molecule has 0 N–H and O–H groups in total. The summed E-state index contributed by atoms with van der Waals surface area (Å²) in [6, 6.07) is 12.9. The van der Waals surface area contributed by atoms with Crippen molar-refractivity contribution in [3.8, 4) is 0 Å². The van der Waals surface area contributed by atoms with Crippen molar-refractivity contribution in [2.45, 2.75) is 19.9 Å². The zero-order valence-corrected chi connectivity index (χ0v) is 16.2. The number of nitrogens with zero attached hydrogens (tertiary/aromatic N) is 3. The molecule has 1 unspecified atom stereocenters. The maximum absolute atomic E-state index is 14.3. The predicted octanol–water partition coefficient (Wildman–Crippen LogP) is 2.97. The van der Waals surface area contributed by atoms with Gasteiger partial charge in [-0.15, -0.1) is 0 Å². The number of halogens is 1. The minimum absolute atomic E-state index is 0.0338. The van der Waals surface area contributed by atoms with Gasteiger partial charge in [0.2, 0.25) is 11.8 Å². The van der Waals surface area contributed by atoms with Gasteiger partial charge in [-0.3, -0.25) is 9.59 Å². The van der Waals surface area contributed by atoms with E-state index in [1.54, 1.807) is 19.1 Å². The smallest absolute Gasteiger partial charge is 0.228 e. The molecule has 4 rings (SSSR count). The minimum Gasteiger partial charge on any atom is -0.373 e. The average molecular weight is 381 g/mol. The molecule has 146 valence electrons. The van der Waals surface area contributed by atoms with E-state index in [4.69, 9.17) is 0 Å². The highest BCUT2D eigenvalue weighted by molar-refractivity contribution is 6.00. The molecule has 2 aliphatic heterocycles. The molecule has 0 bridgehead atoms. The van der Waals surface area contributed by atoms with Crippen molar-refractivity contribution < 1.29 is 14.0 Å². The Morgan fingerprint density at radius 1 is 1.11 bits per heavy atom. The summed E-state index contributed by atoms with van der Waals surface area (Å²) in [6.07, 6.45) is 0.125. The number of carbonyl (C=O) groups is 2. The van der Waals surface area contributed by atoms with Crippen molar-refractivity contribution >= 4 is 23.2 Å². The molecular formula is C22H24FN3O2. The third-order valence-electron chi connectivity index (χ3n) is 5.65. The molecule has 5 nitrogen and oxygen atoms in total. The summed E-state index contributed by atoms with van der Waals surface area (Å²) >= 11 is 0. The Balaban J connectivity index is 1.52. The van der Waals surface area contributed by atoms with Crippen LogP contribution in [0.2, 0.25) is 0 Å². The van der Waals surface area contributed by atoms with Crippen molar-refractivity contribution in [1.82, 2.24) is 4.90 Å². The lowest BCUT2D eigenvalue weighted by atomic mass is 10.1. The zero-order chi connectivity index (χ0) is 19.8. The van der Waals surface area contributed by atoms with E-state index in [0.717, 1.165) is 23.4 Å². The number of likely N-dealkylation sites (N-methyl/N-ethyl adjacent to an activating group) is 1. The van der Waals surface area contributed by atoms with Crippen LogP contribution >= 0.6 is 0 Å². The zero-order valence-electron chi connectivity index (χ0n) is 16.2. The van der Waals surface area contributed by atoms with E-state index in [0.29, 0.717) is 13.1 Å². The predicted molar refractivity (Wildman–Crippen MR) is 107 cm³/mol. The number of anilines is 2. The summed E-state index contributed by atoms with van der Waals surface area (Å²) in [4.78, 5) is 31.1. The van der Waals surface area contributed by atoms with Gasteiger partial charge in [-0.1, -0.05) is 24.3 Å². The van der Waals surface area contributed by atoms with E-state index in [1.165, 1.54) is 11.0 Å². The number of carbonyl (C=O) groups excluding carboxylic acids is 2. The molecule has 0 aliphatic carbocycles. The monoisotopic (exact) mass is 381 g/mol. The van der Waals surface area contributed by atoms with Crippen LogP contribution in [0.1, 0.15) is 17.5 Å². The maximum Gasteiger partial charge on any atom is 0.228 e. The van der Waals surface area contributed by atoms with Crippen LogP contribution in [0.5, 0.6) is 0 Å². The first-order valence-electron chi connectivity index (χ1n) is 9.58. The largest absolute Gasteiger partial charge is 0.373 e. The first-order valence-corrected chi connectivity index (χ1v) is 9.58. The molecule has 1 fully saturated rings. The molecule has 2 heterocycles. The maximum atomic E-state index is 14.3. The summed E-state index contributed by atoms with van der Waals surface area (Å²) in [5.74, 6) is -1.10. The Morgan fingerprint density at radius 2 is 1.89 bits per heavy atom. The fourth-order valence-corrected chi connectivity index (χ4v) is 4.08. The second-order valence-electron chi connectivity index (χ2n) is 7.67. The Morgan fingerprint density at radius 3 is 2.68 bits per heavy atom. The Kier molecular flexibility index (Phi) is 4.79. The lowest BCUT2D eigenvalue weighted by molar-refractivity contribution is -0.136. The SMILES string of the molecule is Cc1ccc(N2CC(C(=O)N3CCN(C)c4ccccc4C3)CC2=O)c(F)c1. The van der Waals surface area contributed by atoms with E-state index in [-0.39, 0.29) is 30.5 Å². The molecule has 2 aromatic rings. The van der Waals surface area contributed by atoms with Gasteiger partial charge in [0.25, 0.3) is 0 Å². The molecule has 0 saturated carbocycles. The Hall–Kier alpha value is -2.89. The fourth-order valence-electron chi connectivity index (χ4n) is 4.08. The van der Waals surface area contributed by atoms with Gasteiger partial charge in [0.05, 0.1) is 11.6 Å². The van der Waals surface area contributed by atoms with Gasteiger partial charge in [0.1, 0.15) is 5.82 Å². The summed E-state index contributed by atoms with van der Waals surface area (Å²) in [5, 5.41) is 0. The average Bonchev–Trinajstić information content (AvgIpc) is 2.97. The van der Waals surface area contributed by atoms with Crippen molar-refractivity contribution in [3.05, 3.63) is 59.4 Å². The molecule has 2 amide bonds. The summed E-state index contributed by atoms with van der Waals surface area (Å²) in [7, 11) is 2.02. The van der Waals surface area contributed by atoms with Gasteiger partial charge < -0.3 is 14.7 Å². The lowest BCUT2D eigenvalue weighted by Gasteiger charge is -2.24. The summed E-state index contributed by atoms with van der Waals surface area (Å²) < 4.78 is 14.3. The number of hydrogen-bond acceptors (Lipinski definition) is 3. The lowest BCUT2D eigenvalue weighted by Crippen LogP contribution is -2.39. The van der Waals surface area contributed by atoms with E-state index in [9.17, 15) is 14.0 Å². The van der Waals surface area contributed by atoms with Crippen LogP contribution in [0.15, 0.2) is 42.5 Å². The third-order valence-corrected chi connectivity index (χ3v) is 5.65. The highest BCUT2D eigenvalue weighted by Crippen LogP contribution is 2.30. The van der Waals surface area contributed by atoms with Gasteiger partial charge >= 0.3 is 0 Å². The third kappa shape index (κ3) is 3.35. The van der Waals surface area contributed by atoms with Crippen LogP contribution in [0.25, 0.3) is 0 Å². The van der Waals surface area contributed by atoms with Crippen molar-refractivity contribution in [3.63, 3.8) is 0 Å². The van der Waals surface area contributed by atoms with Gasteiger partial charge in [-0.2, -0.15) is 0 Å². The van der Waals surface area contributed by atoms with Gasteiger partial charge in [-0.25, -0.2) is 4.39 Å². The normalized spacial score (nSPS) is 19.6. The molecule has 1 saturated heterocycles. The van der Waals surface area contributed by atoms with E-state index in [1.807, 2.05) is 30.1 Å². The molecule has 0 radical (unpaired) electrons. The van der Waals surface area contributed by atoms with E-state index < -0.39 is 11.7 Å². The molecule has 6 heteroatoms. The number of amides is 2. The molecule has 28 heavy (non-hydrogen) atoms. The number of hydrogen-bond donors (Lipinski definition) is 0. The summed E-state index contributed by atoms with van der Waals surface area (Å²) in [6.45, 7) is 3.90. The highest BCUT2D eigenvalue weighted by atomic mass is 19.1. The number of benzene rings is 2. The van der Waals surface area contributed by atoms with Gasteiger partial charge in [-0.05, 0) is 36.2 Å². The second-order valence-corrected chi connectivity index (χ2v) is 7.67.